The third kappa shape index (κ3) is 0.970. The third-order valence-corrected chi connectivity index (χ3v) is 2.46. The molecule has 0 atom stereocenters. The topological polar surface area (TPSA) is 12.4 Å². The first-order chi connectivity index (χ1) is 6.43. The van der Waals surface area contributed by atoms with Gasteiger partial charge in [0.15, 0.2) is 0 Å². The molecule has 1 aromatic carbocycles. The van der Waals surface area contributed by atoms with Crippen LogP contribution in [0.5, 0.6) is 0 Å². The highest BCUT2D eigenvalue weighted by Gasteiger charge is 2.18. The summed E-state index contributed by atoms with van der Waals surface area (Å²) in [6.07, 6.45) is 7.33. The van der Waals surface area contributed by atoms with Crippen LogP contribution in [0.4, 0.5) is 0 Å². The van der Waals surface area contributed by atoms with Crippen LogP contribution in [0.2, 0.25) is 0 Å². The van der Waals surface area contributed by atoms with Crippen LogP contribution in [0.25, 0.3) is 6.08 Å². The molecular formula is C12H9N. The van der Waals surface area contributed by atoms with Gasteiger partial charge in [0.1, 0.15) is 0 Å². The van der Waals surface area contributed by atoms with Crippen LogP contribution >= 0.6 is 0 Å². The summed E-state index contributed by atoms with van der Waals surface area (Å²) < 4.78 is 0. The summed E-state index contributed by atoms with van der Waals surface area (Å²) in [5.41, 5.74) is 4.99. The normalized spacial score (nSPS) is 24.0. The van der Waals surface area contributed by atoms with Crippen molar-refractivity contribution in [2.45, 2.75) is 6.42 Å². The molecule has 1 nitrogen and oxygen atoms in total. The molecule has 0 spiro atoms. The number of hydrogen-bond donors (Lipinski definition) is 0. The first kappa shape index (κ1) is 6.84. The number of fused-ring (bicyclic) bond motifs is 1. The van der Waals surface area contributed by atoms with Gasteiger partial charge in [-0.25, -0.2) is 0 Å². The molecule has 1 aliphatic carbocycles. The molecule has 3 aliphatic rings. The highest BCUT2D eigenvalue weighted by molar-refractivity contribution is 6.09. The number of benzene rings is 1. The maximum absolute atomic E-state index is 4.45. The van der Waals surface area contributed by atoms with Crippen molar-refractivity contribution < 1.29 is 0 Å². The number of aliphatic imine (C=N–C) groups is 1. The van der Waals surface area contributed by atoms with Crippen molar-refractivity contribution >= 4 is 11.8 Å². The molecule has 62 valence electrons. The van der Waals surface area contributed by atoms with E-state index in [0.717, 1.165) is 6.42 Å². The van der Waals surface area contributed by atoms with Crippen molar-refractivity contribution in [1.82, 2.24) is 0 Å². The SMILES string of the molecule is C1=C\c2ccccc2C2=N\C(=C/1)C2. The summed E-state index contributed by atoms with van der Waals surface area (Å²) in [4.78, 5) is 4.45. The van der Waals surface area contributed by atoms with Crippen LogP contribution in [0, 0.1) is 0 Å². The Morgan fingerprint density at radius 3 is 2.92 bits per heavy atom. The van der Waals surface area contributed by atoms with E-state index in [1.54, 1.807) is 0 Å². The Morgan fingerprint density at radius 1 is 1.15 bits per heavy atom. The zero-order chi connectivity index (χ0) is 8.67. The molecule has 13 heavy (non-hydrogen) atoms. The van der Waals surface area contributed by atoms with E-state index in [4.69, 9.17) is 0 Å². The van der Waals surface area contributed by atoms with Crippen LogP contribution in [-0.2, 0) is 0 Å². The largest absolute Gasteiger partial charge is 0.256 e. The molecule has 0 saturated heterocycles. The van der Waals surface area contributed by atoms with Gasteiger partial charge in [-0.2, -0.15) is 0 Å². The zero-order valence-corrected chi connectivity index (χ0v) is 7.20. The van der Waals surface area contributed by atoms with Crippen molar-refractivity contribution in [3.63, 3.8) is 0 Å². The van der Waals surface area contributed by atoms with Gasteiger partial charge in [-0.15, -0.1) is 0 Å². The smallest absolute Gasteiger partial charge is 0.0544 e. The van der Waals surface area contributed by atoms with Gasteiger partial charge < -0.3 is 0 Å². The van der Waals surface area contributed by atoms with Crippen LogP contribution in [0.3, 0.4) is 0 Å². The number of nitrogens with zero attached hydrogens (tertiary/aromatic N) is 1. The van der Waals surface area contributed by atoms with E-state index in [9.17, 15) is 0 Å². The molecule has 0 fully saturated rings. The second kappa shape index (κ2) is 2.43. The maximum Gasteiger partial charge on any atom is 0.0544 e. The predicted octanol–water partition coefficient (Wildman–Crippen LogP) is 2.79. The van der Waals surface area contributed by atoms with Gasteiger partial charge >= 0.3 is 0 Å². The molecular weight excluding hydrogens is 158 g/mol. The van der Waals surface area contributed by atoms with E-state index >= 15 is 0 Å². The Morgan fingerprint density at radius 2 is 2.00 bits per heavy atom. The fourth-order valence-corrected chi connectivity index (χ4v) is 1.75. The van der Waals surface area contributed by atoms with Crippen molar-refractivity contribution in [1.29, 1.82) is 0 Å². The molecule has 4 rings (SSSR count). The van der Waals surface area contributed by atoms with Gasteiger partial charge in [-0.1, -0.05) is 36.4 Å². The quantitative estimate of drug-likeness (QED) is 0.563. The fraction of sp³-hybridized carbons (Fsp3) is 0.0833. The lowest BCUT2D eigenvalue weighted by molar-refractivity contribution is 1.10. The van der Waals surface area contributed by atoms with E-state index in [2.05, 4.69) is 47.5 Å². The minimum atomic E-state index is 1.03. The Bertz CT molecular complexity index is 450. The Labute approximate surface area is 77.1 Å². The third-order valence-electron chi connectivity index (χ3n) is 2.46. The summed E-state index contributed by atoms with van der Waals surface area (Å²) in [5.74, 6) is 0. The van der Waals surface area contributed by atoms with E-state index in [1.807, 2.05) is 0 Å². The first-order valence-electron chi connectivity index (χ1n) is 4.48. The van der Waals surface area contributed by atoms with E-state index in [-0.39, 0.29) is 0 Å². The fourth-order valence-electron chi connectivity index (χ4n) is 1.75. The monoisotopic (exact) mass is 167 g/mol. The molecule has 1 aromatic rings. The lowest BCUT2D eigenvalue weighted by Crippen LogP contribution is -2.13. The molecule has 0 aromatic heterocycles. The van der Waals surface area contributed by atoms with Crippen molar-refractivity contribution in [3.05, 3.63) is 53.2 Å². The van der Waals surface area contributed by atoms with Gasteiger partial charge in [0.05, 0.1) is 5.71 Å². The molecule has 0 unspecified atom stereocenters. The number of allylic oxidation sites excluding steroid dienone is 3. The predicted molar refractivity (Wildman–Crippen MR) is 54.7 cm³/mol. The zero-order valence-electron chi connectivity index (χ0n) is 7.20. The second-order valence-corrected chi connectivity index (χ2v) is 3.34. The molecule has 1 heteroatoms. The van der Waals surface area contributed by atoms with Gasteiger partial charge in [0, 0.05) is 17.7 Å². The highest BCUT2D eigenvalue weighted by Crippen LogP contribution is 2.27. The summed E-state index contributed by atoms with van der Waals surface area (Å²) >= 11 is 0. The Balaban J connectivity index is 2.27. The molecule has 2 heterocycles. The molecule has 2 bridgehead atoms. The lowest BCUT2D eigenvalue weighted by Gasteiger charge is -2.20. The van der Waals surface area contributed by atoms with Crippen LogP contribution in [-0.4, -0.2) is 5.71 Å². The molecule has 0 N–H and O–H groups in total. The molecule has 0 saturated carbocycles. The van der Waals surface area contributed by atoms with Gasteiger partial charge in [-0.3, -0.25) is 4.99 Å². The van der Waals surface area contributed by atoms with Gasteiger partial charge in [0.2, 0.25) is 0 Å². The van der Waals surface area contributed by atoms with Gasteiger partial charge in [0.25, 0.3) is 0 Å². The van der Waals surface area contributed by atoms with Crippen molar-refractivity contribution in [2.24, 2.45) is 4.99 Å². The van der Waals surface area contributed by atoms with Crippen molar-refractivity contribution in [2.75, 3.05) is 0 Å². The Hall–Kier alpha value is -1.63. The summed E-state index contributed by atoms with van der Waals surface area (Å²) in [6, 6.07) is 8.40. The van der Waals surface area contributed by atoms with Crippen LogP contribution in [0.15, 0.2) is 47.1 Å². The molecule has 0 radical (unpaired) electrons. The van der Waals surface area contributed by atoms with Crippen LogP contribution in [0.1, 0.15) is 17.5 Å². The minimum Gasteiger partial charge on any atom is -0.256 e. The Kier molecular flexibility index (Phi) is 1.28. The second-order valence-electron chi connectivity index (χ2n) is 3.34. The summed E-state index contributed by atoms with van der Waals surface area (Å²) in [7, 11) is 0. The molecule has 0 amide bonds. The average Bonchev–Trinajstić information content (AvgIpc) is 2.02. The summed E-state index contributed by atoms with van der Waals surface area (Å²) in [5, 5.41) is 0. The first-order valence-corrected chi connectivity index (χ1v) is 4.48. The van der Waals surface area contributed by atoms with E-state index < -0.39 is 0 Å². The molecule has 2 aliphatic heterocycles. The average molecular weight is 167 g/mol. The maximum atomic E-state index is 4.45. The van der Waals surface area contributed by atoms with E-state index in [0.29, 0.717) is 0 Å². The lowest BCUT2D eigenvalue weighted by atomic mass is 9.93. The minimum absolute atomic E-state index is 1.03. The van der Waals surface area contributed by atoms with Gasteiger partial charge in [-0.05, 0) is 11.6 Å². The summed E-state index contributed by atoms with van der Waals surface area (Å²) in [6.45, 7) is 0. The van der Waals surface area contributed by atoms with Crippen LogP contribution < -0.4 is 0 Å². The van der Waals surface area contributed by atoms with Crippen molar-refractivity contribution in [3.8, 4) is 0 Å². The number of hydrogen-bond acceptors (Lipinski definition) is 1. The number of rotatable bonds is 0. The van der Waals surface area contributed by atoms with E-state index in [1.165, 1.54) is 22.5 Å². The standard InChI is InChI=1S/C12H9N/c1-2-7-11-9(4-1)5-3-6-10-8-12(11)13-10/h1-7H,8H2/b5-3-,6-3?,9-5?,10-6-,12-11?. The highest BCUT2D eigenvalue weighted by atomic mass is 14.8.